The van der Waals surface area contributed by atoms with Crippen molar-refractivity contribution < 1.29 is 0 Å². The first-order chi connectivity index (χ1) is 19.2. The van der Waals surface area contributed by atoms with Gasteiger partial charge in [0, 0.05) is 65.5 Å². The van der Waals surface area contributed by atoms with Crippen LogP contribution in [0.5, 0.6) is 0 Å². The molecular formula is C34H23ClN4. The molecule has 5 heteroatoms. The van der Waals surface area contributed by atoms with Gasteiger partial charge in [-0.05, 0) is 83.1 Å². The Hall–Kier alpha value is -4.93. The molecule has 3 aromatic carbocycles. The van der Waals surface area contributed by atoms with Crippen molar-refractivity contribution in [3.63, 3.8) is 0 Å². The SMILES string of the molecule is Clc1ccc(-c2cc3[nH]c2C=c2[nH]c(c4c2ccc2ccccc24)=Cc2ccc([nH]2)C=c2ccc([nH]2)=C3)cc1. The highest BCUT2D eigenvalue weighted by molar-refractivity contribution is 6.30. The van der Waals surface area contributed by atoms with E-state index in [2.05, 4.69) is 123 Å². The number of fused-ring (bicyclic) bond motifs is 13. The van der Waals surface area contributed by atoms with Gasteiger partial charge in [-0.1, -0.05) is 60.1 Å². The van der Waals surface area contributed by atoms with Crippen LogP contribution >= 0.6 is 11.6 Å². The fourth-order valence-electron chi connectivity index (χ4n) is 5.67. The van der Waals surface area contributed by atoms with Crippen molar-refractivity contribution in [2.75, 3.05) is 0 Å². The highest BCUT2D eigenvalue weighted by Crippen LogP contribution is 2.28. The van der Waals surface area contributed by atoms with Crippen LogP contribution in [-0.2, 0) is 0 Å². The molecule has 5 heterocycles. The molecule has 0 radical (unpaired) electrons. The van der Waals surface area contributed by atoms with Crippen molar-refractivity contribution in [1.29, 1.82) is 0 Å². The van der Waals surface area contributed by atoms with E-state index < -0.39 is 0 Å². The molecule has 4 N–H and O–H groups in total. The van der Waals surface area contributed by atoms with Crippen molar-refractivity contribution in [2.24, 2.45) is 0 Å². The van der Waals surface area contributed by atoms with Crippen molar-refractivity contribution in [2.45, 2.75) is 0 Å². The summed E-state index contributed by atoms with van der Waals surface area (Å²) in [4.78, 5) is 14.5. The molecule has 8 bridgehead atoms. The largest absolute Gasteiger partial charge is 0.355 e. The summed E-state index contributed by atoms with van der Waals surface area (Å²) < 4.78 is 0. The molecule has 1 aliphatic heterocycles. The van der Waals surface area contributed by atoms with E-state index >= 15 is 0 Å². The second-order valence-electron chi connectivity index (χ2n) is 10.0. The maximum atomic E-state index is 6.22. The molecule has 39 heavy (non-hydrogen) atoms. The summed E-state index contributed by atoms with van der Waals surface area (Å²) in [7, 11) is 0. The highest BCUT2D eigenvalue weighted by Gasteiger charge is 2.11. The summed E-state index contributed by atoms with van der Waals surface area (Å²) in [6, 6.07) is 31.6. The number of hydrogen-bond acceptors (Lipinski definition) is 0. The van der Waals surface area contributed by atoms with E-state index in [4.69, 9.17) is 11.6 Å². The zero-order valence-electron chi connectivity index (χ0n) is 20.8. The van der Waals surface area contributed by atoms with Gasteiger partial charge in [0.2, 0.25) is 0 Å². The smallest absolute Gasteiger partial charge is 0.0492 e. The molecule has 7 aromatic rings. The van der Waals surface area contributed by atoms with Crippen LogP contribution in [-0.4, -0.2) is 19.9 Å². The Bertz CT molecular complexity index is 2290. The number of H-pyrrole nitrogens is 4. The molecule has 0 aliphatic carbocycles. The predicted molar refractivity (Wildman–Crippen MR) is 161 cm³/mol. The molecule has 4 aromatic heterocycles. The fraction of sp³-hybridized carbons (Fsp3) is 0. The summed E-state index contributed by atoms with van der Waals surface area (Å²) >= 11 is 6.22. The fourth-order valence-corrected chi connectivity index (χ4v) is 5.79. The minimum Gasteiger partial charge on any atom is -0.355 e. The lowest BCUT2D eigenvalue weighted by Gasteiger charge is -2.01. The average Bonchev–Trinajstić information content (AvgIpc) is 3.73. The summed E-state index contributed by atoms with van der Waals surface area (Å²) in [6.07, 6.45) is 8.68. The molecule has 0 amide bonds. The zero-order chi connectivity index (χ0) is 25.9. The monoisotopic (exact) mass is 522 g/mol. The van der Waals surface area contributed by atoms with Gasteiger partial charge in [0.15, 0.2) is 0 Å². The molecule has 0 unspecified atom stereocenters. The molecule has 0 spiro atoms. The molecule has 4 nitrogen and oxygen atoms in total. The van der Waals surface area contributed by atoms with E-state index in [0.717, 1.165) is 60.3 Å². The van der Waals surface area contributed by atoms with Crippen LogP contribution < -0.4 is 21.4 Å². The van der Waals surface area contributed by atoms with Crippen LogP contribution in [0.3, 0.4) is 0 Å². The molecule has 0 saturated carbocycles. The van der Waals surface area contributed by atoms with Crippen molar-refractivity contribution in [3.8, 4) is 11.1 Å². The number of nitrogens with one attached hydrogen (secondary N) is 4. The van der Waals surface area contributed by atoms with E-state index in [1.165, 1.54) is 21.5 Å². The van der Waals surface area contributed by atoms with Crippen molar-refractivity contribution in [1.82, 2.24) is 19.9 Å². The Balaban J connectivity index is 1.50. The van der Waals surface area contributed by atoms with Gasteiger partial charge in [0.05, 0.1) is 0 Å². The van der Waals surface area contributed by atoms with Gasteiger partial charge in [-0.25, -0.2) is 0 Å². The summed E-state index contributed by atoms with van der Waals surface area (Å²) in [5, 5.41) is 9.75. The lowest BCUT2D eigenvalue weighted by molar-refractivity contribution is 1.23. The van der Waals surface area contributed by atoms with Gasteiger partial charge in [-0.3, -0.25) is 0 Å². The summed E-state index contributed by atoms with van der Waals surface area (Å²) in [6.45, 7) is 0. The minimum atomic E-state index is 0.724. The first-order valence-corrected chi connectivity index (χ1v) is 13.3. The average molecular weight is 523 g/mol. The van der Waals surface area contributed by atoms with Gasteiger partial charge >= 0.3 is 0 Å². The Labute approximate surface area is 228 Å². The number of benzene rings is 3. The van der Waals surface area contributed by atoms with E-state index in [9.17, 15) is 0 Å². The predicted octanol–water partition coefficient (Wildman–Crippen LogP) is 5.25. The normalized spacial score (nSPS) is 12.5. The molecule has 0 atom stereocenters. The number of rotatable bonds is 1. The maximum Gasteiger partial charge on any atom is 0.0492 e. The number of halogens is 1. The van der Waals surface area contributed by atoms with Crippen LogP contribution in [0, 0.1) is 0 Å². The molecule has 186 valence electrons. The summed E-state index contributed by atoms with van der Waals surface area (Å²) in [5.74, 6) is 0. The van der Waals surface area contributed by atoms with E-state index in [-0.39, 0.29) is 0 Å². The molecular weight excluding hydrogens is 500 g/mol. The number of aromatic amines is 4. The van der Waals surface area contributed by atoms with E-state index in [1.807, 2.05) is 12.1 Å². The number of aromatic nitrogens is 4. The van der Waals surface area contributed by atoms with Gasteiger partial charge in [-0.15, -0.1) is 0 Å². The zero-order valence-corrected chi connectivity index (χ0v) is 21.6. The third-order valence-electron chi connectivity index (χ3n) is 7.45. The highest BCUT2D eigenvalue weighted by atomic mass is 35.5. The second-order valence-corrected chi connectivity index (χ2v) is 10.5. The lowest BCUT2D eigenvalue weighted by atomic mass is 10.0. The van der Waals surface area contributed by atoms with Gasteiger partial charge in [0.1, 0.15) is 0 Å². The van der Waals surface area contributed by atoms with Crippen LogP contribution in [0.4, 0.5) is 0 Å². The van der Waals surface area contributed by atoms with Gasteiger partial charge in [0.25, 0.3) is 0 Å². The van der Waals surface area contributed by atoms with Crippen molar-refractivity contribution >= 4 is 57.4 Å². The first-order valence-electron chi connectivity index (χ1n) is 13.0. The topological polar surface area (TPSA) is 63.2 Å². The lowest BCUT2D eigenvalue weighted by Crippen LogP contribution is -2.11. The molecule has 8 rings (SSSR count). The van der Waals surface area contributed by atoms with Gasteiger partial charge < -0.3 is 19.9 Å². The Morgan fingerprint density at radius 2 is 1.28 bits per heavy atom. The van der Waals surface area contributed by atoms with Crippen LogP contribution in [0.1, 0.15) is 22.8 Å². The standard InChI is InChI=1S/C34H23ClN4/c35-22-8-5-21(6-9-22)30-17-27-16-25-11-10-23(36-25)15-24-12-13-26(37-24)18-33-34-28-4-2-1-3-20(28)7-14-29(34)31(39-33)19-32(30)38-27/h1-19,36-39H. The summed E-state index contributed by atoms with van der Waals surface area (Å²) in [5.41, 5.74) is 6.34. The van der Waals surface area contributed by atoms with Crippen LogP contribution in [0.15, 0.2) is 91.0 Å². The van der Waals surface area contributed by atoms with Gasteiger partial charge in [-0.2, -0.15) is 0 Å². The minimum absolute atomic E-state index is 0.724. The Kier molecular flexibility index (Phi) is 4.84. The molecule has 1 aliphatic rings. The number of hydrogen-bond donors (Lipinski definition) is 4. The first kappa shape index (κ1) is 22.1. The Morgan fingerprint density at radius 3 is 2.13 bits per heavy atom. The van der Waals surface area contributed by atoms with Crippen molar-refractivity contribution in [3.05, 3.63) is 140 Å². The maximum absolute atomic E-state index is 6.22. The van der Waals surface area contributed by atoms with E-state index in [1.54, 1.807) is 0 Å². The van der Waals surface area contributed by atoms with Crippen LogP contribution in [0.25, 0.3) is 57.0 Å². The third-order valence-corrected chi connectivity index (χ3v) is 7.71. The van der Waals surface area contributed by atoms with Crippen LogP contribution in [0.2, 0.25) is 5.02 Å². The molecule has 0 saturated heterocycles. The van der Waals surface area contributed by atoms with E-state index in [0.29, 0.717) is 0 Å². The quantitative estimate of drug-likeness (QED) is 0.227. The molecule has 0 fully saturated rings. The Morgan fingerprint density at radius 1 is 0.513 bits per heavy atom. The third kappa shape index (κ3) is 3.85. The second kappa shape index (κ2) is 8.55.